The average Bonchev–Trinajstić information content (AvgIpc) is 2.16. The van der Waals surface area contributed by atoms with Crippen LogP contribution in [0.4, 0.5) is 10.5 Å². The molecular formula is C8H6N2O2S. The highest BCUT2D eigenvalue weighted by Crippen LogP contribution is 2.04. The molecule has 0 spiro atoms. The van der Waals surface area contributed by atoms with E-state index in [2.05, 4.69) is 27.5 Å². The highest BCUT2D eigenvalue weighted by atomic mass is 32.1. The van der Waals surface area contributed by atoms with E-state index in [1.54, 1.807) is 24.3 Å². The molecule has 0 aliphatic carbocycles. The minimum atomic E-state index is -0.691. The number of carbonyl (C=O) groups is 1. The molecule has 0 fully saturated rings. The van der Waals surface area contributed by atoms with E-state index in [1.165, 1.54) is 0 Å². The van der Waals surface area contributed by atoms with Crippen molar-refractivity contribution < 1.29 is 9.63 Å². The standard InChI is InChI=1S/C8H6N2O2S/c11-8(12-9-6-13)10-7-4-2-1-3-5-7/h1-5H,(H,10,11). The maximum Gasteiger partial charge on any atom is 0.438 e. The van der Waals surface area contributed by atoms with Crippen LogP contribution in [0.25, 0.3) is 0 Å². The molecule has 1 aromatic carbocycles. The normalized spacial score (nSPS) is 8.31. The van der Waals surface area contributed by atoms with Crippen molar-refractivity contribution in [3.05, 3.63) is 30.3 Å². The number of thiocarbonyl (C=S) groups is 1. The van der Waals surface area contributed by atoms with Gasteiger partial charge in [0.25, 0.3) is 0 Å². The van der Waals surface area contributed by atoms with Crippen molar-refractivity contribution in [2.45, 2.75) is 0 Å². The molecule has 1 N–H and O–H groups in total. The number of hydrogen-bond donors (Lipinski definition) is 1. The van der Waals surface area contributed by atoms with E-state index in [0.29, 0.717) is 5.69 Å². The van der Waals surface area contributed by atoms with Crippen LogP contribution in [-0.4, -0.2) is 11.3 Å². The zero-order valence-corrected chi connectivity index (χ0v) is 7.38. The molecule has 4 nitrogen and oxygen atoms in total. The number of hydrogen-bond acceptors (Lipinski definition) is 4. The molecule has 0 aliphatic rings. The lowest BCUT2D eigenvalue weighted by Crippen LogP contribution is -2.10. The van der Waals surface area contributed by atoms with Crippen LogP contribution in [0.5, 0.6) is 0 Å². The van der Waals surface area contributed by atoms with Crippen LogP contribution in [0.2, 0.25) is 0 Å². The van der Waals surface area contributed by atoms with Crippen molar-refractivity contribution in [2.75, 3.05) is 5.32 Å². The number of carbonyl (C=O) groups excluding carboxylic acids is 1. The van der Waals surface area contributed by atoms with Crippen LogP contribution in [0.15, 0.2) is 35.5 Å². The number of rotatable bonds is 2. The Morgan fingerprint density at radius 2 is 2.15 bits per heavy atom. The van der Waals surface area contributed by atoms with Crippen LogP contribution in [0, 0.1) is 0 Å². The quantitative estimate of drug-likeness (QED) is 0.340. The summed E-state index contributed by atoms with van der Waals surface area (Å²) in [6, 6.07) is 8.87. The van der Waals surface area contributed by atoms with Crippen LogP contribution in [0.3, 0.4) is 0 Å². The SMILES string of the molecule is O=C(Nc1ccccc1)ON=C=S. The molecule has 0 atom stereocenters. The van der Waals surface area contributed by atoms with Crippen molar-refractivity contribution in [1.82, 2.24) is 0 Å². The zero-order chi connectivity index (χ0) is 9.52. The van der Waals surface area contributed by atoms with Gasteiger partial charge >= 0.3 is 6.09 Å². The molecule has 5 heteroatoms. The van der Waals surface area contributed by atoms with Gasteiger partial charge in [-0.1, -0.05) is 18.2 Å². The predicted octanol–water partition coefficient (Wildman–Crippen LogP) is 2.25. The smallest absolute Gasteiger partial charge is 0.289 e. The van der Waals surface area contributed by atoms with Crippen molar-refractivity contribution in [1.29, 1.82) is 0 Å². The van der Waals surface area contributed by atoms with Gasteiger partial charge in [-0.05, 0) is 29.5 Å². The summed E-state index contributed by atoms with van der Waals surface area (Å²) < 4.78 is 0. The van der Waals surface area contributed by atoms with Crippen molar-refractivity contribution in [2.24, 2.45) is 5.16 Å². The van der Waals surface area contributed by atoms with Gasteiger partial charge in [0.05, 0.1) is 0 Å². The van der Waals surface area contributed by atoms with Crippen molar-refractivity contribution in [3.63, 3.8) is 0 Å². The van der Waals surface area contributed by atoms with E-state index in [4.69, 9.17) is 0 Å². The molecule has 0 unspecified atom stereocenters. The molecule has 66 valence electrons. The van der Waals surface area contributed by atoms with E-state index in [9.17, 15) is 4.79 Å². The molecule has 0 aromatic heterocycles. The van der Waals surface area contributed by atoms with E-state index in [1.807, 2.05) is 11.2 Å². The van der Waals surface area contributed by atoms with Crippen molar-refractivity contribution in [3.8, 4) is 0 Å². The molecule has 1 aromatic rings. The van der Waals surface area contributed by atoms with Gasteiger partial charge in [0, 0.05) is 5.69 Å². The third kappa shape index (κ3) is 3.46. The number of nitrogens with zero attached hydrogens (tertiary/aromatic N) is 1. The number of anilines is 1. The summed E-state index contributed by atoms with van der Waals surface area (Å²) >= 11 is 4.21. The Labute approximate surface area is 80.2 Å². The molecule has 0 saturated carbocycles. The first-order chi connectivity index (χ1) is 6.33. The Balaban J connectivity index is 2.50. The molecule has 0 saturated heterocycles. The summed E-state index contributed by atoms with van der Waals surface area (Å²) in [5.41, 5.74) is 0.632. The molecule has 1 amide bonds. The summed E-state index contributed by atoms with van der Waals surface area (Å²) in [7, 11) is 0. The fraction of sp³-hybridized carbons (Fsp3) is 0. The number of nitrogens with one attached hydrogen (secondary N) is 1. The summed E-state index contributed by atoms with van der Waals surface area (Å²) in [6.07, 6.45) is -0.691. The Hall–Kier alpha value is -1.71. The van der Waals surface area contributed by atoms with Gasteiger partial charge in [0.15, 0.2) is 0 Å². The average molecular weight is 194 g/mol. The van der Waals surface area contributed by atoms with Crippen LogP contribution < -0.4 is 5.32 Å². The monoisotopic (exact) mass is 194 g/mol. The Morgan fingerprint density at radius 1 is 1.46 bits per heavy atom. The van der Waals surface area contributed by atoms with Crippen LogP contribution in [0.1, 0.15) is 0 Å². The van der Waals surface area contributed by atoms with Gasteiger partial charge in [0.2, 0.25) is 0 Å². The first kappa shape index (κ1) is 9.38. The van der Waals surface area contributed by atoms with E-state index in [0.717, 1.165) is 0 Å². The highest BCUT2D eigenvalue weighted by molar-refractivity contribution is 7.78. The van der Waals surface area contributed by atoms with E-state index < -0.39 is 6.09 Å². The highest BCUT2D eigenvalue weighted by Gasteiger charge is 2.00. The number of benzene rings is 1. The molecule has 0 aliphatic heterocycles. The lowest BCUT2D eigenvalue weighted by atomic mass is 10.3. The second-order valence-electron chi connectivity index (χ2n) is 2.05. The minimum absolute atomic E-state index is 0.632. The molecule has 0 radical (unpaired) electrons. The van der Waals surface area contributed by atoms with Gasteiger partial charge in [-0.15, -0.1) is 0 Å². The second kappa shape index (κ2) is 5.03. The zero-order valence-electron chi connectivity index (χ0n) is 6.56. The molecule has 0 bridgehead atoms. The largest absolute Gasteiger partial charge is 0.438 e. The van der Waals surface area contributed by atoms with E-state index in [-0.39, 0.29) is 0 Å². The van der Waals surface area contributed by atoms with Gasteiger partial charge in [-0.2, -0.15) is 0 Å². The summed E-state index contributed by atoms with van der Waals surface area (Å²) in [6.45, 7) is 0. The summed E-state index contributed by atoms with van der Waals surface area (Å²) in [4.78, 5) is 15.1. The van der Waals surface area contributed by atoms with Crippen molar-refractivity contribution >= 4 is 29.2 Å². The van der Waals surface area contributed by atoms with Gasteiger partial charge in [-0.25, -0.2) is 4.79 Å². The summed E-state index contributed by atoms with van der Waals surface area (Å²) in [5.74, 6) is 0. The van der Waals surface area contributed by atoms with Crippen LogP contribution >= 0.6 is 12.2 Å². The number of para-hydroxylation sites is 1. The third-order valence-corrected chi connectivity index (χ3v) is 1.26. The Bertz CT molecular complexity index is 333. The van der Waals surface area contributed by atoms with Gasteiger partial charge in [0.1, 0.15) is 5.16 Å². The molecular weight excluding hydrogens is 188 g/mol. The minimum Gasteiger partial charge on any atom is -0.289 e. The second-order valence-corrected chi connectivity index (χ2v) is 2.23. The molecule has 13 heavy (non-hydrogen) atoms. The lowest BCUT2D eigenvalue weighted by molar-refractivity contribution is 0.167. The van der Waals surface area contributed by atoms with Gasteiger partial charge in [-0.3, -0.25) is 10.2 Å². The predicted molar refractivity (Wildman–Crippen MR) is 51.6 cm³/mol. The van der Waals surface area contributed by atoms with Crippen LogP contribution in [-0.2, 0) is 4.84 Å². The maximum absolute atomic E-state index is 10.9. The molecule has 0 heterocycles. The Kier molecular flexibility index (Phi) is 3.63. The maximum atomic E-state index is 10.9. The first-order valence-corrected chi connectivity index (χ1v) is 3.84. The fourth-order valence-corrected chi connectivity index (χ4v) is 0.760. The summed E-state index contributed by atoms with van der Waals surface area (Å²) in [5, 5.41) is 7.37. The Morgan fingerprint density at radius 3 is 2.77 bits per heavy atom. The lowest BCUT2D eigenvalue weighted by Gasteiger charge is -1.99. The number of isothiocyanates is 1. The van der Waals surface area contributed by atoms with E-state index >= 15 is 0 Å². The first-order valence-electron chi connectivity index (χ1n) is 3.43. The molecule has 1 rings (SSSR count). The fourth-order valence-electron chi connectivity index (χ4n) is 0.722. The third-order valence-electron chi connectivity index (χ3n) is 1.19. The van der Waals surface area contributed by atoms with Gasteiger partial charge < -0.3 is 0 Å². The number of amides is 1. The topological polar surface area (TPSA) is 50.7 Å².